The highest BCUT2D eigenvalue weighted by Gasteiger charge is 2.01. The van der Waals surface area contributed by atoms with Crippen molar-refractivity contribution >= 4 is 27.5 Å². The van der Waals surface area contributed by atoms with Gasteiger partial charge in [-0.05, 0) is 32.0 Å². The van der Waals surface area contributed by atoms with Gasteiger partial charge in [0.2, 0.25) is 0 Å². The summed E-state index contributed by atoms with van der Waals surface area (Å²) in [5.74, 6) is 0. The van der Waals surface area contributed by atoms with Crippen LogP contribution < -0.4 is 0 Å². The van der Waals surface area contributed by atoms with E-state index in [4.69, 9.17) is 11.6 Å². The highest BCUT2D eigenvalue weighted by molar-refractivity contribution is 9.09. The Labute approximate surface area is 88.9 Å². The maximum Gasteiger partial charge on any atom is 0.0201 e. The molecule has 0 amide bonds. The molecule has 0 saturated heterocycles. The quantitative estimate of drug-likeness (QED) is 0.658. The molecule has 0 heterocycles. The van der Waals surface area contributed by atoms with Gasteiger partial charge in [0.05, 0.1) is 0 Å². The lowest BCUT2D eigenvalue weighted by Crippen LogP contribution is -2.26. The van der Waals surface area contributed by atoms with Crippen molar-refractivity contribution in [1.82, 2.24) is 4.90 Å². The van der Waals surface area contributed by atoms with Crippen LogP contribution >= 0.6 is 27.5 Å². The van der Waals surface area contributed by atoms with Crippen LogP contribution in [0.2, 0.25) is 0 Å². The van der Waals surface area contributed by atoms with Crippen LogP contribution in [0.1, 0.15) is 20.3 Å². The minimum atomic E-state index is 0.993. The normalized spacial score (nSPS) is 12.6. The van der Waals surface area contributed by atoms with Crippen LogP contribution in [0.5, 0.6) is 0 Å². The number of hydrogen-bond donors (Lipinski definition) is 0. The zero-order chi connectivity index (χ0) is 9.40. The van der Waals surface area contributed by atoms with Crippen molar-refractivity contribution in [1.29, 1.82) is 0 Å². The Kier molecular flexibility index (Phi) is 8.40. The molecule has 0 bridgehead atoms. The Morgan fingerprint density at radius 2 is 2.25 bits per heavy atom. The molecule has 0 aromatic carbocycles. The molecule has 1 nitrogen and oxygen atoms in total. The van der Waals surface area contributed by atoms with Crippen molar-refractivity contribution in [3.63, 3.8) is 0 Å². The van der Waals surface area contributed by atoms with Gasteiger partial charge < -0.3 is 0 Å². The molecule has 0 aliphatic carbocycles. The van der Waals surface area contributed by atoms with E-state index in [0.717, 1.165) is 25.0 Å². The lowest BCUT2D eigenvalue weighted by Gasteiger charge is -2.19. The Hall–Kier alpha value is 0.470. The molecule has 3 heteroatoms. The van der Waals surface area contributed by atoms with Gasteiger partial charge in [-0.15, -0.1) is 0 Å². The lowest BCUT2D eigenvalue weighted by atomic mass is 10.3. The van der Waals surface area contributed by atoms with Crippen molar-refractivity contribution in [2.75, 3.05) is 25.0 Å². The minimum Gasteiger partial charge on any atom is -0.300 e. The second kappa shape index (κ2) is 8.09. The molecular formula is C9H17BrClN. The number of hydrogen-bond acceptors (Lipinski definition) is 1. The minimum absolute atomic E-state index is 0.993. The van der Waals surface area contributed by atoms with Crippen LogP contribution in [0.15, 0.2) is 11.1 Å². The molecule has 0 saturated carbocycles. The summed E-state index contributed by atoms with van der Waals surface area (Å²) in [6.07, 6.45) is 1.20. The van der Waals surface area contributed by atoms with Crippen molar-refractivity contribution in [3.05, 3.63) is 11.1 Å². The van der Waals surface area contributed by atoms with E-state index in [9.17, 15) is 0 Å². The summed E-state index contributed by atoms with van der Waals surface area (Å²) in [6, 6.07) is 0. The molecule has 0 atom stereocenters. The first kappa shape index (κ1) is 12.5. The standard InChI is InChI=1S/C9H17BrClN/c1-3-12(6-4-5-10)8-9(2)7-11/h7H,3-6,8H2,1-2H3. The van der Waals surface area contributed by atoms with E-state index in [1.165, 1.54) is 12.0 Å². The van der Waals surface area contributed by atoms with E-state index in [1.807, 2.05) is 0 Å². The largest absolute Gasteiger partial charge is 0.300 e. The molecule has 0 aliphatic rings. The fourth-order valence-corrected chi connectivity index (χ4v) is 1.34. The number of likely N-dealkylation sites (N-methyl/N-ethyl adjacent to an activating group) is 1. The van der Waals surface area contributed by atoms with E-state index in [-0.39, 0.29) is 0 Å². The maximum atomic E-state index is 5.59. The first-order valence-electron chi connectivity index (χ1n) is 4.28. The predicted molar refractivity (Wildman–Crippen MR) is 60.1 cm³/mol. The van der Waals surface area contributed by atoms with Crippen molar-refractivity contribution in [3.8, 4) is 0 Å². The molecular weight excluding hydrogens is 237 g/mol. The van der Waals surface area contributed by atoms with Gasteiger partial charge in [-0.2, -0.15) is 0 Å². The molecule has 0 aliphatic heterocycles. The average molecular weight is 255 g/mol. The van der Waals surface area contributed by atoms with E-state index < -0.39 is 0 Å². The highest BCUT2D eigenvalue weighted by atomic mass is 79.9. The average Bonchev–Trinajstić information content (AvgIpc) is 2.11. The van der Waals surface area contributed by atoms with Crippen LogP contribution in [0.25, 0.3) is 0 Å². The second-order valence-electron chi connectivity index (χ2n) is 2.87. The van der Waals surface area contributed by atoms with Crippen LogP contribution in [0.3, 0.4) is 0 Å². The van der Waals surface area contributed by atoms with Gasteiger partial charge >= 0.3 is 0 Å². The summed E-state index contributed by atoms with van der Waals surface area (Å²) in [7, 11) is 0. The van der Waals surface area contributed by atoms with Gasteiger partial charge in [-0.25, -0.2) is 0 Å². The third-order valence-corrected chi connectivity index (χ3v) is 2.65. The SMILES string of the molecule is CCN(CCCBr)CC(C)=CCl. The maximum absolute atomic E-state index is 5.59. The van der Waals surface area contributed by atoms with Crippen LogP contribution in [-0.2, 0) is 0 Å². The first-order chi connectivity index (χ1) is 5.74. The van der Waals surface area contributed by atoms with E-state index in [2.05, 4.69) is 34.7 Å². The van der Waals surface area contributed by atoms with E-state index >= 15 is 0 Å². The Morgan fingerprint density at radius 1 is 1.58 bits per heavy atom. The van der Waals surface area contributed by atoms with Gasteiger partial charge in [0.25, 0.3) is 0 Å². The topological polar surface area (TPSA) is 3.24 Å². The number of halogens is 2. The lowest BCUT2D eigenvalue weighted by molar-refractivity contribution is 0.314. The van der Waals surface area contributed by atoms with Crippen molar-refractivity contribution in [2.24, 2.45) is 0 Å². The van der Waals surface area contributed by atoms with Crippen LogP contribution in [0, 0.1) is 0 Å². The van der Waals surface area contributed by atoms with Crippen molar-refractivity contribution in [2.45, 2.75) is 20.3 Å². The molecule has 0 unspecified atom stereocenters. The summed E-state index contributed by atoms with van der Waals surface area (Å²) in [5.41, 5.74) is 2.89. The summed E-state index contributed by atoms with van der Waals surface area (Å²) < 4.78 is 0. The molecule has 72 valence electrons. The summed E-state index contributed by atoms with van der Waals surface area (Å²) in [5, 5.41) is 1.08. The third kappa shape index (κ3) is 6.04. The number of alkyl halides is 1. The van der Waals surface area contributed by atoms with Gasteiger partial charge in [0.15, 0.2) is 0 Å². The Morgan fingerprint density at radius 3 is 2.67 bits per heavy atom. The van der Waals surface area contributed by atoms with Gasteiger partial charge in [-0.1, -0.05) is 34.5 Å². The van der Waals surface area contributed by atoms with Crippen molar-refractivity contribution < 1.29 is 0 Å². The molecule has 0 radical (unpaired) electrons. The zero-order valence-corrected chi connectivity index (χ0v) is 10.2. The molecule has 0 N–H and O–H groups in total. The first-order valence-corrected chi connectivity index (χ1v) is 5.84. The van der Waals surface area contributed by atoms with Crippen LogP contribution in [-0.4, -0.2) is 29.9 Å². The fraction of sp³-hybridized carbons (Fsp3) is 0.778. The third-order valence-electron chi connectivity index (χ3n) is 1.71. The Balaban J connectivity index is 3.67. The summed E-state index contributed by atoms with van der Waals surface area (Å²) >= 11 is 9.01. The van der Waals surface area contributed by atoms with Crippen LogP contribution in [0.4, 0.5) is 0 Å². The second-order valence-corrected chi connectivity index (χ2v) is 3.88. The highest BCUT2D eigenvalue weighted by Crippen LogP contribution is 2.01. The molecule has 0 aromatic rings. The summed E-state index contributed by atoms with van der Waals surface area (Å²) in [4.78, 5) is 2.38. The molecule has 0 aromatic heterocycles. The fourth-order valence-electron chi connectivity index (χ4n) is 1.02. The smallest absolute Gasteiger partial charge is 0.0201 e. The van der Waals surface area contributed by atoms with E-state index in [1.54, 1.807) is 5.54 Å². The monoisotopic (exact) mass is 253 g/mol. The molecule has 0 spiro atoms. The van der Waals surface area contributed by atoms with Gasteiger partial charge in [-0.3, -0.25) is 4.90 Å². The molecule has 0 fully saturated rings. The zero-order valence-electron chi connectivity index (χ0n) is 7.82. The van der Waals surface area contributed by atoms with E-state index in [0.29, 0.717) is 0 Å². The van der Waals surface area contributed by atoms with Gasteiger partial charge in [0.1, 0.15) is 0 Å². The molecule has 0 rings (SSSR count). The Bertz CT molecular complexity index is 136. The number of nitrogens with zero attached hydrogens (tertiary/aromatic N) is 1. The van der Waals surface area contributed by atoms with Gasteiger partial charge in [0, 0.05) is 17.4 Å². The number of rotatable bonds is 6. The summed E-state index contributed by atoms with van der Waals surface area (Å²) in [6.45, 7) is 7.46. The predicted octanol–water partition coefficient (Wildman–Crippen LogP) is 3.24. The molecule has 12 heavy (non-hydrogen) atoms.